The maximum Gasteiger partial charge on any atom is 0.145 e. The van der Waals surface area contributed by atoms with Crippen molar-refractivity contribution in [1.82, 2.24) is 10.3 Å². The number of ketones is 1. The van der Waals surface area contributed by atoms with E-state index < -0.39 is 0 Å². The van der Waals surface area contributed by atoms with Gasteiger partial charge in [-0.2, -0.15) is 0 Å². The second-order valence-electron chi connectivity index (χ2n) is 5.41. The zero-order valence-corrected chi connectivity index (χ0v) is 11.1. The number of nitrogens with two attached hydrogens (primary N) is 1. The van der Waals surface area contributed by atoms with Gasteiger partial charge in [0.2, 0.25) is 0 Å². The van der Waals surface area contributed by atoms with Gasteiger partial charge in [-0.1, -0.05) is 13.8 Å². The van der Waals surface area contributed by atoms with Crippen molar-refractivity contribution in [3.05, 3.63) is 24.0 Å². The highest BCUT2D eigenvalue weighted by Gasteiger charge is 2.43. The predicted octanol–water partition coefficient (Wildman–Crippen LogP) is 1.41. The van der Waals surface area contributed by atoms with Crippen molar-refractivity contribution in [2.24, 2.45) is 11.3 Å². The Hall–Kier alpha value is -1.42. The van der Waals surface area contributed by atoms with Gasteiger partial charge in [-0.25, -0.2) is 0 Å². The Morgan fingerprint density at radius 1 is 1.61 bits per heavy atom. The molecule has 1 atom stereocenters. The lowest BCUT2D eigenvalue weighted by Gasteiger charge is -2.31. The van der Waals surface area contributed by atoms with Crippen LogP contribution in [0.5, 0.6) is 0 Å². The summed E-state index contributed by atoms with van der Waals surface area (Å²) in [7, 11) is 0. The fourth-order valence-corrected chi connectivity index (χ4v) is 2.70. The SMILES string of the molecule is CC(C)C1(C(=O)Cc2cnccc2N)CCNC1. The lowest BCUT2D eigenvalue weighted by atomic mass is 9.71. The van der Waals surface area contributed by atoms with E-state index in [4.69, 9.17) is 5.73 Å². The molecule has 1 aliphatic heterocycles. The van der Waals surface area contributed by atoms with Gasteiger partial charge >= 0.3 is 0 Å². The Labute approximate surface area is 108 Å². The standard InChI is InChI=1S/C14H21N3O/c1-10(2)14(4-6-17-9-14)13(18)7-11-8-16-5-3-12(11)15/h3,5,8,10,17H,4,6-7,9H2,1-2H3,(H2,15,16). The summed E-state index contributed by atoms with van der Waals surface area (Å²) in [6, 6.07) is 1.75. The summed E-state index contributed by atoms with van der Waals surface area (Å²) in [5.74, 6) is 0.625. The van der Waals surface area contributed by atoms with Crippen LogP contribution in [0.3, 0.4) is 0 Å². The van der Waals surface area contributed by atoms with E-state index >= 15 is 0 Å². The molecular formula is C14H21N3O. The number of hydrogen-bond acceptors (Lipinski definition) is 4. The van der Waals surface area contributed by atoms with Gasteiger partial charge in [-0.3, -0.25) is 9.78 Å². The van der Waals surface area contributed by atoms with Crippen LogP contribution in [0.1, 0.15) is 25.8 Å². The molecule has 1 unspecified atom stereocenters. The molecule has 0 aliphatic carbocycles. The van der Waals surface area contributed by atoms with Gasteiger partial charge in [0.15, 0.2) is 0 Å². The van der Waals surface area contributed by atoms with Crippen molar-refractivity contribution in [3.63, 3.8) is 0 Å². The first kappa shape index (κ1) is 13.0. The first-order valence-electron chi connectivity index (χ1n) is 6.48. The average molecular weight is 247 g/mol. The summed E-state index contributed by atoms with van der Waals surface area (Å²) in [6.45, 7) is 5.95. The van der Waals surface area contributed by atoms with Gasteiger partial charge in [0, 0.05) is 42.0 Å². The van der Waals surface area contributed by atoms with E-state index in [1.165, 1.54) is 0 Å². The number of carbonyl (C=O) groups excluding carboxylic acids is 1. The zero-order valence-electron chi connectivity index (χ0n) is 11.1. The van der Waals surface area contributed by atoms with Crippen LogP contribution >= 0.6 is 0 Å². The van der Waals surface area contributed by atoms with E-state index in [0.29, 0.717) is 18.0 Å². The van der Waals surface area contributed by atoms with Gasteiger partial charge < -0.3 is 11.1 Å². The van der Waals surface area contributed by atoms with Gasteiger partial charge in [0.05, 0.1) is 0 Å². The molecule has 2 heterocycles. The van der Waals surface area contributed by atoms with Crippen LogP contribution in [0.25, 0.3) is 0 Å². The molecule has 0 amide bonds. The highest BCUT2D eigenvalue weighted by Crippen LogP contribution is 2.36. The molecule has 4 nitrogen and oxygen atoms in total. The Morgan fingerprint density at radius 2 is 2.39 bits per heavy atom. The summed E-state index contributed by atoms with van der Waals surface area (Å²) in [4.78, 5) is 16.7. The van der Waals surface area contributed by atoms with Crippen LogP contribution < -0.4 is 11.1 Å². The lowest BCUT2D eigenvalue weighted by Crippen LogP contribution is -2.39. The largest absolute Gasteiger partial charge is 0.398 e. The number of anilines is 1. The Kier molecular flexibility index (Phi) is 3.66. The maximum absolute atomic E-state index is 12.6. The summed E-state index contributed by atoms with van der Waals surface area (Å²) < 4.78 is 0. The Bertz CT molecular complexity index is 436. The van der Waals surface area contributed by atoms with Crippen molar-refractivity contribution in [2.75, 3.05) is 18.8 Å². The molecule has 1 aromatic heterocycles. The molecule has 4 heteroatoms. The van der Waals surface area contributed by atoms with Gasteiger partial charge in [0.1, 0.15) is 5.78 Å². The number of pyridine rings is 1. The molecule has 98 valence electrons. The predicted molar refractivity (Wildman–Crippen MR) is 72.1 cm³/mol. The van der Waals surface area contributed by atoms with Crippen molar-refractivity contribution < 1.29 is 4.79 Å². The van der Waals surface area contributed by atoms with Crippen LogP contribution in [0.15, 0.2) is 18.5 Å². The molecule has 0 saturated carbocycles. The number of nitrogen functional groups attached to an aromatic ring is 1. The van der Waals surface area contributed by atoms with Crippen molar-refractivity contribution in [3.8, 4) is 0 Å². The first-order valence-corrected chi connectivity index (χ1v) is 6.48. The lowest BCUT2D eigenvalue weighted by molar-refractivity contribution is -0.129. The number of Topliss-reactive ketones (excluding diaryl/α,β-unsaturated/α-hetero) is 1. The smallest absolute Gasteiger partial charge is 0.145 e. The molecule has 3 N–H and O–H groups in total. The molecule has 1 aliphatic rings. The number of nitrogens with zero attached hydrogens (tertiary/aromatic N) is 1. The van der Waals surface area contributed by atoms with E-state index in [-0.39, 0.29) is 11.2 Å². The summed E-state index contributed by atoms with van der Waals surface area (Å²) >= 11 is 0. The van der Waals surface area contributed by atoms with Crippen molar-refractivity contribution in [1.29, 1.82) is 0 Å². The minimum absolute atomic E-state index is 0.234. The van der Waals surface area contributed by atoms with E-state index in [9.17, 15) is 4.79 Å². The summed E-state index contributed by atoms with van der Waals surface area (Å²) in [5.41, 5.74) is 7.14. The molecular weight excluding hydrogens is 226 g/mol. The third kappa shape index (κ3) is 2.25. The van der Waals surface area contributed by atoms with Crippen LogP contribution in [0.2, 0.25) is 0 Å². The molecule has 0 spiro atoms. The second kappa shape index (κ2) is 5.06. The van der Waals surface area contributed by atoms with Crippen LogP contribution in [-0.2, 0) is 11.2 Å². The van der Waals surface area contributed by atoms with E-state index in [1.54, 1.807) is 18.5 Å². The fourth-order valence-electron chi connectivity index (χ4n) is 2.70. The molecule has 1 aromatic rings. The van der Waals surface area contributed by atoms with Gasteiger partial charge in [-0.15, -0.1) is 0 Å². The number of nitrogens with one attached hydrogen (secondary N) is 1. The molecule has 1 saturated heterocycles. The van der Waals surface area contributed by atoms with Crippen LogP contribution in [0, 0.1) is 11.3 Å². The number of hydrogen-bond donors (Lipinski definition) is 2. The first-order chi connectivity index (χ1) is 8.56. The topological polar surface area (TPSA) is 68.0 Å². The quantitative estimate of drug-likeness (QED) is 0.844. The van der Waals surface area contributed by atoms with Gasteiger partial charge in [0.25, 0.3) is 0 Å². The van der Waals surface area contributed by atoms with Crippen molar-refractivity contribution in [2.45, 2.75) is 26.7 Å². The van der Waals surface area contributed by atoms with E-state index in [2.05, 4.69) is 24.1 Å². The molecule has 0 bridgehead atoms. The number of aromatic nitrogens is 1. The van der Waals surface area contributed by atoms with E-state index in [0.717, 1.165) is 25.1 Å². The summed E-state index contributed by atoms with van der Waals surface area (Å²) in [5, 5.41) is 3.31. The zero-order chi connectivity index (χ0) is 13.2. The molecule has 2 rings (SSSR count). The molecule has 18 heavy (non-hydrogen) atoms. The minimum Gasteiger partial charge on any atom is -0.398 e. The fraction of sp³-hybridized carbons (Fsp3) is 0.571. The minimum atomic E-state index is -0.234. The number of carbonyl (C=O) groups is 1. The normalized spacial score (nSPS) is 23.5. The maximum atomic E-state index is 12.6. The van der Waals surface area contributed by atoms with Crippen molar-refractivity contribution >= 4 is 11.5 Å². The third-order valence-corrected chi connectivity index (χ3v) is 4.14. The van der Waals surface area contributed by atoms with E-state index in [1.807, 2.05) is 0 Å². The average Bonchev–Trinajstić information content (AvgIpc) is 2.82. The molecule has 0 aromatic carbocycles. The Balaban J connectivity index is 2.19. The van der Waals surface area contributed by atoms with Crippen LogP contribution in [-0.4, -0.2) is 23.9 Å². The highest BCUT2D eigenvalue weighted by atomic mass is 16.1. The Morgan fingerprint density at radius 3 is 2.94 bits per heavy atom. The highest BCUT2D eigenvalue weighted by molar-refractivity contribution is 5.88. The monoisotopic (exact) mass is 247 g/mol. The third-order valence-electron chi connectivity index (χ3n) is 4.14. The molecule has 0 radical (unpaired) electrons. The summed E-state index contributed by atoms with van der Waals surface area (Å²) in [6.07, 6.45) is 4.66. The van der Waals surface area contributed by atoms with Crippen LogP contribution in [0.4, 0.5) is 5.69 Å². The van der Waals surface area contributed by atoms with Gasteiger partial charge in [-0.05, 0) is 24.9 Å². The second-order valence-corrected chi connectivity index (χ2v) is 5.41. The molecule has 1 fully saturated rings. The number of rotatable bonds is 4.